The van der Waals surface area contributed by atoms with Gasteiger partial charge in [0.05, 0.1) is 12.4 Å². The van der Waals surface area contributed by atoms with Crippen molar-refractivity contribution in [3.8, 4) is 0 Å². The van der Waals surface area contributed by atoms with Gasteiger partial charge >= 0.3 is 5.97 Å². The Kier molecular flexibility index (Phi) is 13.1. The smallest absolute Gasteiger partial charge is 0.326 e. The first-order chi connectivity index (χ1) is 17.3. The Morgan fingerprint density at radius 1 is 1.03 bits per heavy atom. The van der Waals surface area contributed by atoms with Crippen molar-refractivity contribution in [3.63, 3.8) is 0 Å². The first-order valence-electron chi connectivity index (χ1n) is 12.2. The number of carbonyl (C=O) groups excluding carboxylic acids is 3. The SMILES string of the molecule is CC(C)CC(NC(=O)C(NC(=O)C(Cc1cnc[nH]1)NC(=O)C(N)CCCN=C(N)N)C(C)C)C(=O)O. The molecule has 14 heteroatoms. The minimum absolute atomic E-state index is 0.0335. The lowest BCUT2D eigenvalue weighted by Gasteiger charge is -2.27. The lowest BCUT2D eigenvalue weighted by atomic mass is 9.99. The van der Waals surface area contributed by atoms with E-state index in [0.717, 1.165) is 0 Å². The number of hydrogen-bond acceptors (Lipinski definition) is 7. The molecular formula is C23H41N9O5. The van der Waals surface area contributed by atoms with Crippen molar-refractivity contribution in [2.45, 2.75) is 77.5 Å². The zero-order valence-electron chi connectivity index (χ0n) is 21.9. The molecule has 0 spiro atoms. The molecule has 208 valence electrons. The molecule has 1 aromatic rings. The molecule has 0 aliphatic carbocycles. The Labute approximate surface area is 216 Å². The number of aromatic nitrogens is 2. The summed E-state index contributed by atoms with van der Waals surface area (Å²) in [6, 6.07) is -4.11. The number of carboxylic acid groups (broad SMARTS) is 1. The molecule has 37 heavy (non-hydrogen) atoms. The molecule has 0 aliphatic rings. The summed E-state index contributed by atoms with van der Waals surface area (Å²) in [7, 11) is 0. The third kappa shape index (κ3) is 11.7. The van der Waals surface area contributed by atoms with Gasteiger partial charge in [-0.05, 0) is 31.1 Å². The van der Waals surface area contributed by atoms with Crippen LogP contribution >= 0.6 is 0 Å². The Morgan fingerprint density at radius 3 is 2.19 bits per heavy atom. The third-order valence-electron chi connectivity index (χ3n) is 5.48. The minimum atomic E-state index is -1.16. The normalized spacial score (nSPS) is 14.4. The number of amides is 3. The zero-order chi connectivity index (χ0) is 28.1. The van der Waals surface area contributed by atoms with Crippen molar-refractivity contribution >= 4 is 29.7 Å². The van der Waals surface area contributed by atoms with E-state index in [1.807, 2.05) is 13.8 Å². The number of carboxylic acids is 1. The number of aliphatic imine (C=N–C) groups is 1. The lowest BCUT2D eigenvalue weighted by Crippen LogP contribution is -2.59. The first kappa shape index (κ1) is 31.4. The van der Waals surface area contributed by atoms with Crippen LogP contribution in [0.5, 0.6) is 0 Å². The van der Waals surface area contributed by atoms with Crippen molar-refractivity contribution in [1.29, 1.82) is 0 Å². The second-order valence-corrected chi connectivity index (χ2v) is 9.66. The maximum atomic E-state index is 13.2. The fraction of sp³-hybridized carbons (Fsp3) is 0.652. The van der Waals surface area contributed by atoms with Crippen LogP contribution in [0.15, 0.2) is 17.5 Å². The fourth-order valence-corrected chi connectivity index (χ4v) is 3.50. The Hall–Kier alpha value is -3.68. The maximum absolute atomic E-state index is 13.2. The molecule has 4 unspecified atom stereocenters. The van der Waals surface area contributed by atoms with E-state index in [9.17, 15) is 24.3 Å². The predicted octanol–water partition coefficient (Wildman–Crippen LogP) is -1.43. The molecule has 4 atom stereocenters. The second kappa shape index (κ2) is 15.4. The standard InChI is InChI=1S/C23H41N9O5/c1-12(2)8-17(22(36)37)31-21(35)18(13(3)4)32-20(34)16(9-14-10-27-11-29-14)30-19(33)15(24)6-5-7-28-23(25)26/h10-13,15-18H,5-9,24H2,1-4H3,(H,27,29)(H,30,33)(H,31,35)(H,32,34)(H,36,37)(H4,25,26,28). The van der Waals surface area contributed by atoms with Crippen molar-refractivity contribution in [2.75, 3.05) is 6.54 Å². The number of nitrogens with one attached hydrogen (secondary N) is 4. The van der Waals surface area contributed by atoms with Gasteiger partial charge in [-0.15, -0.1) is 0 Å². The van der Waals surface area contributed by atoms with E-state index in [4.69, 9.17) is 17.2 Å². The van der Waals surface area contributed by atoms with Crippen molar-refractivity contribution in [2.24, 2.45) is 34.0 Å². The van der Waals surface area contributed by atoms with Gasteiger partial charge in [0.1, 0.15) is 18.1 Å². The highest BCUT2D eigenvalue weighted by Crippen LogP contribution is 2.09. The number of hydrogen-bond donors (Lipinski definition) is 8. The number of rotatable bonds is 16. The van der Waals surface area contributed by atoms with Crippen LogP contribution in [-0.4, -0.2) is 75.4 Å². The number of aliphatic carboxylic acids is 1. The van der Waals surface area contributed by atoms with Crippen molar-refractivity contribution < 1.29 is 24.3 Å². The molecule has 0 aromatic carbocycles. The molecule has 11 N–H and O–H groups in total. The molecule has 0 saturated heterocycles. The maximum Gasteiger partial charge on any atom is 0.326 e. The van der Waals surface area contributed by atoms with E-state index in [0.29, 0.717) is 18.7 Å². The molecule has 0 radical (unpaired) electrons. The summed E-state index contributed by atoms with van der Waals surface area (Å²) in [5.74, 6) is -3.35. The first-order valence-corrected chi connectivity index (χ1v) is 12.2. The summed E-state index contributed by atoms with van der Waals surface area (Å²) in [5.41, 5.74) is 17.1. The molecule has 1 rings (SSSR count). The van der Waals surface area contributed by atoms with Gasteiger partial charge in [0.2, 0.25) is 17.7 Å². The van der Waals surface area contributed by atoms with Gasteiger partial charge in [-0.25, -0.2) is 9.78 Å². The van der Waals surface area contributed by atoms with E-state index >= 15 is 0 Å². The van der Waals surface area contributed by atoms with Crippen molar-refractivity contribution in [3.05, 3.63) is 18.2 Å². The Morgan fingerprint density at radius 2 is 1.68 bits per heavy atom. The summed E-state index contributed by atoms with van der Waals surface area (Å²) >= 11 is 0. The van der Waals surface area contributed by atoms with Gasteiger partial charge in [-0.2, -0.15) is 0 Å². The van der Waals surface area contributed by atoms with Crippen LogP contribution in [0.4, 0.5) is 0 Å². The summed E-state index contributed by atoms with van der Waals surface area (Å²) in [6.45, 7) is 7.44. The summed E-state index contributed by atoms with van der Waals surface area (Å²) < 4.78 is 0. The number of H-pyrrole nitrogens is 1. The molecule has 0 fully saturated rings. The van der Waals surface area contributed by atoms with E-state index in [2.05, 4.69) is 30.9 Å². The van der Waals surface area contributed by atoms with E-state index in [1.54, 1.807) is 13.8 Å². The highest BCUT2D eigenvalue weighted by Gasteiger charge is 2.32. The highest BCUT2D eigenvalue weighted by atomic mass is 16.4. The summed E-state index contributed by atoms with van der Waals surface area (Å²) in [6.07, 6.45) is 3.99. The Bertz CT molecular complexity index is 914. The Balaban J connectivity index is 2.95. The van der Waals surface area contributed by atoms with Crippen LogP contribution in [0, 0.1) is 11.8 Å². The largest absolute Gasteiger partial charge is 0.480 e. The predicted molar refractivity (Wildman–Crippen MR) is 138 cm³/mol. The van der Waals surface area contributed by atoms with Gasteiger partial charge < -0.3 is 43.2 Å². The monoisotopic (exact) mass is 523 g/mol. The van der Waals surface area contributed by atoms with Gasteiger partial charge in [-0.1, -0.05) is 27.7 Å². The molecule has 0 bridgehead atoms. The molecular weight excluding hydrogens is 482 g/mol. The average Bonchev–Trinajstić information content (AvgIpc) is 3.31. The zero-order valence-corrected chi connectivity index (χ0v) is 21.9. The topological polar surface area (TPSA) is 244 Å². The van der Waals surface area contributed by atoms with Gasteiger partial charge in [0.15, 0.2) is 5.96 Å². The van der Waals surface area contributed by atoms with E-state index < -0.39 is 47.9 Å². The summed E-state index contributed by atoms with van der Waals surface area (Å²) in [4.78, 5) is 61.1. The number of nitrogens with zero attached hydrogens (tertiary/aromatic N) is 2. The van der Waals surface area contributed by atoms with Crippen LogP contribution < -0.4 is 33.2 Å². The number of carbonyl (C=O) groups is 4. The number of imidazole rings is 1. The van der Waals surface area contributed by atoms with Gasteiger partial charge in [0, 0.05) is 24.9 Å². The van der Waals surface area contributed by atoms with Crippen LogP contribution in [0.1, 0.15) is 52.7 Å². The average molecular weight is 524 g/mol. The quantitative estimate of drug-likeness (QED) is 0.0718. The molecule has 0 aliphatic heterocycles. The molecule has 0 saturated carbocycles. The molecule has 14 nitrogen and oxygen atoms in total. The van der Waals surface area contributed by atoms with Gasteiger partial charge in [-0.3, -0.25) is 19.4 Å². The van der Waals surface area contributed by atoms with Crippen LogP contribution in [0.2, 0.25) is 0 Å². The van der Waals surface area contributed by atoms with E-state index in [1.165, 1.54) is 12.5 Å². The molecule has 1 aromatic heterocycles. The lowest BCUT2D eigenvalue weighted by molar-refractivity contribution is -0.143. The fourth-order valence-electron chi connectivity index (χ4n) is 3.50. The molecule has 1 heterocycles. The molecule has 3 amide bonds. The van der Waals surface area contributed by atoms with Crippen LogP contribution in [0.3, 0.4) is 0 Å². The number of aromatic amines is 1. The van der Waals surface area contributed by atoms with Crippen molar-refractivity contribution in [1.82, 2.24) is 25.9 Å². The van der Waals surface area contributed by atoms with Gasteiger partial charge in [0.25, 0.3) is 0 Å². The third-order valence-corrected chi connectivity index (χ3v) is 5.48. The highest BCUT2D eigenvalue weighted by molar-refractivity contribution is 5.94. The minimum Gasteiger partial charge on any atom is -0.480 e. The number of guanidine groups is 1. The van der Waals surface area contributed by atoms with E-state index in [-0.39, 0.29) is 37.1 Å². The van der Waals surface area contributed by atoms with Crippen LogP contribution in [0.25, 0.3) is 0 Å². The van der Waals surface area contributed by atoms with Crippen LogP contribution in [-0.2, 0) is 25.6 Å². The number of nitrogens with two attached hydrogens (primary N) is 3. The summed E-state index contributed by atoms with van der Waals surface area (Å²) in [5, 5.41) is 17.3. The second-order valence-electron chi connectivity index (χ2n) is 9.66.